The summed E-state index contributed by atoms with van der Waals surface area (Å²) in [5.74, 6) is 0. The van der Waals surface area contributed by atoms with E-state index in [-0.39, 0.29) is 0 Å². The minimum absolute atomic E-state index is 1.12. The molecule has 0 spiro atoms. The normalized spacial score (nSPS) is 11.6. The van der Waals surface area contributed by atoms with Crippen molar-refractivity contribution in [3.8, 4) is 22.3 Å². The van der Waals surface area contributed by atoms with Crippen LogP contribution in [0.1, 0.15) is 128 Å². The van der Waals surface area contributed by atoms with Crippen molar-refractivity contribution < 1.29 is 0 Å². The molecule has 0 bridgehead atoms. The third-order valence-electron chi connectivity index (χ3n) is 10.1. The quantitative estimate of drug-likeness (QED) is 0.0564. The van der Waals surface area contributed by atoms with E-state index in [0.717, 1.165) is 4.47 Å². The Balaban J connectivity index is 1.37. The van der Waals surface area contributed by atoms with Crippen molar-refractivity contribution in [3.05, 3.63) is 107 Å². The summed E-state index contributed by atoms with van der Waals surface area (Å²) in [5, 5.41) is 5.27. The number of unbranched alkanes of at least 4 members (excludes halogenated alkanes) is 14. The lowest BCUT2D eigenvalue weighted by molar-refractivity contribution is 0.575. The molecule has 0 unspecified atom stereocenters. The van der Waals surface area contributed by atoms with Crippen LogP contribution in [0.25, 0.3) is 43.8 Å². The van der Waals surface area contributed by atoms with Gasteiger partial charge >= 0.3 is 0 Å². The molecular weight excluding hydrogens is 632 g/mol. The van der Waals surface area contributed by atoms with Crippen molar-refractivity contribution >= 4 is 37.5 Å². The van der Waals surface area contributed by atoms with Gasteiger partial charge in [0.2, 0.25) is 0 Å². The summed E-state index contributed by atoms with van der Waals surface area (Å²) in [4.78, 5) is 0. The van der Waals surface area contributed by atoms with Crippen LogP contribution in [-0.2, 0) is 12.8 Å². The zero-order valence-electron chi connectivity index (χ0n) is 29.3. The van der Waals surface area contributed by atoms with Crippen LogP contribution in [0.5, 0.6) is 0 Å². The number of benzene rings is 5. The van der Waals surface area contributed by atoms with Gasteiger partial charge in [-0.3, -0.25) is 0 Å². The molecule has 5 aromatic carbocycles. The topological polar surface area (TPSA) is 0 Å². The maximum Gasteiger partial charge on any atom is 0.0181 e. The molecule has 248 valence electrons. The fourth-order valence-electron chi connectivity index (χ4n) is 7.36. The molecule has 47 heavy (non-hydrogen) atoms. The summed E-state index contributed by atoms with van der Waals surface area (Å²) in [7, 11) is 0. The number of hydrogen-bond donors (Lipinski definition) is 0. The Hall–Kier alpha value is -2.90. The molecule has 5 aromatic rings. The highest BCUT2D eigenvalue weighted by molar-refractivity contribution is 9.10. The second kappa shape index (κ2) is 19.2. The predicted octanol–water partition coefficient (Wildman–Crippen LogP) is 15.5. The molecule has 0 amide bonds. The number of hydrogen-bond acceptors (Lipinski definition) is 0. The zero-order chi connectivity index (χ0) is 32.7. The molecule has 1 heteroatoms. The van der Waals surface area contributed by atoms with E-state index >= 15 is 0 Å². The van der Waals surface area contributed by atoms with Gasteiger partial charge in [-0.1, -0.05) is 199 Å². The molecule has 0 saturated heterocycles. The first-order valence-electron chi connectivity index (χ1n) is 19.0. The van der Waals surface area contributed by atoms with Crippen LogP contribution in [0.2, 0.25) is 0 Å². The summed E-state index contributed by atoms with van der Waals surface area (Å²) >= 11 is 3.77. The minimum atomic E-state index is 1.12. The van der Waals surface area contributed by atoms with Gasteiger partial charge in [-0.2, -0.15) is 0 Å². The smallest absolute Gasteiger partial charge is 0.0181 e. The summed E-state index contributed by atoms with van der Waals surface area (Å²) in [5.41, 5.74) is 8.23. The Morgan fingerprint density at radius 3 is 1.26 bits per heavy atom. The molecule has 0 aliphatic carbocycles. The van der Waals surface area contributed by atoms with Gasteiger partial charge in [-0.05, 0) is 92.7 Å². The van der Waals surface area contributed by atoms with E-state index in [2.05, 4.69) is 121 Å². The average Bonchev–Trinajstić information content (AvgIpc) is 3.10. The minimum Gasteiger partial charge on any atom is -0.0654 e. The van der Waals surface area contributed by atoms with Crippen LogP contribution >= 0.6 is 15.9 Å². The molecule has 0 aliphatic heterocycles. The monoisotopic (exact) mass is 688 g/mol. The van der Waals surface area contributed by atoms with Crippen LogP contribution in [-0.4, -0.2) is 0 Å². The molecule has 0 N–H and O–H groups in total. The molecule has 0 aromatic heterocycles. The first kappa shape index (κ1) is 35.4. The van der Waals surface area contributed by atoms with Gasteiger partial charge in [0, 0.05) is 4.47 Å². The third-order valence-corrected chi connectivity index (χ3v) is 10.6. The van der Waals surface area contributed by atoms with Crippen LogP contribution in [0.3, 0.4) is 0 Å². The van der Waals surface area contributed by atoms with Crippen LogP contribution < -0.4 is 0 Å². The van der Waals surface area contributed by atoms with Crippen molar-refractivity contribution in [1.82, 2.24) is 0 Å². The maximum absolute atomic E-state index is 3.77. The first-order valence-corrected chi connectivity index (χ1v) is 19.8. The lowest BCUT2D eigenvalue weighted by atomic mass is 9.84. The number of fused-ring (bicyclic) bond motifs is 3. The first-order chi connectivity index (χ1) is 23.2. The van der Waals surface area contributed by atoms with Crippen molar-refractivity contribution in [2.75, 3.05) is 0 Å². The van der Waals surface area contributed by atoms with Crippen molar-refractivity contribution in [2.24, 2.45) is 0 Å². The van der Waals surface area contributed by atoms with E-state index in [1.54, 1.807) is 0 Å². The molecule has 0 fully saturated rings. The standard InChI is InChI=1S/C46H57Br/c1-3-5-7-9-11-13-15-17-21-36-25-29-38(30-26-36)45-42-24-20-19-23-41(42)44-35-40(47)33-34-43(44)46(45)39-31-27-37(28-32-39)22-18-16-14-12-10-8-6-4-2/h19-20,23-35H,3-18,21-22H2,1-2H3. The summed E-state index contributed by atoms with van der Waals surface area (Å²) < 4.78 is 1.12. The molecule has 0 radical (unpaired) electrons. The van der Waals surface area contributed by atoms with Gasteiger partial charge in [0.05, 0.1) is 0 Å². The third kappa shape index (κ3) is 10.1. The molecule has 0 nitrogen and oxygen atoms in total. The Morgan fingerprint density at radius 1 is 0.383 bits per heavy atom. The van der Waals surface area contributed by atoms with Gasteiger partial charge in [0.1, 0.15) is 0 Å². The summed E-state index contributed by atoms with van der Waals surface area (Å²) in [6, 6.07) is 34.9. The van der Waals surface area contributed by atoms with E-state index in [1.807, 2.05) is 0 Å². The molecular formula is C46H57Br. The van der Waals surface area contributed by atoms with Gasteiger partial charge in [-0.15, -0.1) is 0 Å². The summed E-state index contributed by atoms with van der Waals surface area (Å²) in [6.07, 6.45) is 24.2. The van der Waals surface area contributed by atoms with Gasteiger partial charge in [-0.25, -0.2) is 0 Å². The Kier molecular flexibility index (Phi) is 14.5. The van der Waals surface area contributed by atoms with E-state index < -0.39 is 0 Å². The van der Waals surface area contributed by atoms with Crippen molar-refractivity contribution in [1.29, 1.82) is 0 Å². The SMILES string of the molecule is CCCCCCCCCCc1ccc(-c2c(-c3ccc(CCCCCCCCCC)cc3)c3ccc(Br)cc3c3ccccc23)cc1. The Labute approximate surface area is 294 Å². The van der Waals surface area contributed by atoms with E-state index in [4.69, 9.17) is 0 Å². The van der Waals surface area contributed by atoms with Crippen molar-refractivity contribution in [3.63, 3.8) is 0 Å². The van der Waals surface area contributed by atoms with E-state index in [0.29, 0.717) is 0 Å². The van der Waals surface area contributed by atoms with E-state index in [9.17, 15) is 0 Å². The number of halogens is 1. The van der Waals surface area contributed by atoms with Crippen LogP contribution in [0, 0.1) is 0 Å². The molecule has 5 rings (SSSR count). The molecule has 0 saturated carbocycles. The molecule has 0 heterocycles. The molecule has 0 aliphatic rings. The highest BCUT2D eigenvalue weighted by Crippen LogP contribution is 2.45. The zero-order valence-corrected chi connectivity index (χ0v) is 30.9. The Morgan fingerprint density at radius 2 is 0.787 bits per heavy atom. The van der Waals surface area contributed by atoms with Crippen molar-refractivity contribution in [2.45, 2.75) is 129 Å². The highest BCUT2D eigenvalue weighted by atomic mass is 79.9. The lowest BCUT2D eigenvalue weighted by Crippen LogP contribution is -1.93. The average molecular weight is 690 g/mol. The largest absolute Gasteiger partial charge is 0.0654 e. The lowest BCUT2D eigenvalue weighted by Gasteiger charge is -2.19. The maximum atomic E-state index is 3.77. The van der Waals surface area contributed by atoms with Gasteiger partial charge in [0.25, 0.3) is 0 Å². The fraction of sp³-hybridized carbons (Fsp3) is 0.435. The number of rotatable bonds is 20. The van der Waals surface area contributed by atoms with Gasteiger partial charge in [0.15, 0.2) is 0 Å². The van der Waals surface area contributed by atoms with Gasteiger partial charge < -0.3 is 0 Å². The second-order valence-electron chi connectivity index (χ2n) is 13.8. The summed E-state index contributed by atoms with van der Waals surface area (Å²) in [6.45, 7) is 4.59. The molecule has 0 atom stereocenters. The highest BCUT2D eigenvalue weighted by Gasteiger charge is 2.18. The number of aryl methyl sites for hydroxylation is 2. The van der Waals surface area contributed by atoms with E-state index in [1.165, 1.54) is 171 Å². The fourth-order valence-corrected chi connectivity index (χ4v) is 7.73. The van der Waals surface area contributed by atoms with Crippen LogP contribution in [0.4, 0.5) is 0 Å². The second-order valence-corrected chi connectivity index (χ2v) is 14.7. The Bertz CT molecular complexity index is 1640. The predicted molar refractivity (Wildman–Crippen MR) is 213 cm³/mol. The van der Waals surface area contributed by atoms with Crippen LogP contribution in [0.15, 0.2) is 95.5 Å².